The van der Waals surface area contributed by atoms with Gasteiger partial charge in [-0.25, -0.2) is 4.98 Å². The van der Waals surface area contributed by atoms with Crippen LogP contribution in [-0.4, -0.2) is 50.3 Å². The number of aromatic amines is 1. The van der Waals surface area contributed by atoms with Gasteiger partial charge in [-0.3, -0.25) is 19.5 Å². The van der Waals surface area contributed by atoms with Crippen LogP contribution in [0.2, 0.25) is 0 Å². The summed E-state index contributed by atoms with van der Waals surface area (Å²) in [6.45, 7) is 5.53. The molecule has 0 radical (unpaired) electrons. The molecule has 7 heteroatoms. The highest BCUT2D eigenvalue weighted by molar-refractivity contribution is 5.94. The fourth-order valence-electron chi connectivity index (χ4n) is 4.64. The number of aromatic nitrogens is 3. The van der Waals surface area contributed by atoms with E-state index < -0.39 is 0 Å². The molecule has 32 heavy (non-hydrogen) atoms. The molecule has 1 atom stereocenters. The predicted molar refractivity (Wildman–Crippen MR) is 121 cm³/mol. The summed E-state index contributed by atoms with van der Waals surface area (Å²) >= 11 is 0. The Labute approximate surface area is 187 Å². The molecule has 4 heterocycles. The summed E-state index contributed by atoms with van der Waals surface area (Å²) in [5.74, 6) is 0.794. The summed E-state index contributed by atoms with van der Waals surface area (Å²) in [5.41, 5.74) is 4.61. The summed E-state index contributed by atoms with van der Waals surface area (Å²) in [5, 5.41) is 0. The molecular weight excluding hydrogens is 402 g/mol. The number of amides is 1. The van der Waals surface area contributed by atoms with Crippen LogP contribution in [0.5, 0.6) is 0 Å². The maximum absolute atomic E-state index is 12.9. The van der Waals surface area contributed by atoms with E-state index >= 15 is 0 Å². The minimum Gasteiger partial charge on any atom is -0.338 e. The number of nitrogens with one attached hydrogen (secondary N) is 1. The highest BCUT2D eigenvalue weighted by atomic mass is 16.2. The predicted octanol–water partition coefficient (Wildman–Crippen LogP) is 2.66. The number of carbonyl (C=O) groups excluding carboxylic acids is 1. The molecule has 1 N–H and O–H groups in total. The Kier molecular flexibility index (Phi) is 5.57. The Morgan fingerprint density at radius 1 is 1.19 bits per heavy atom. The van der Waals surface area contributed by atoms with Gasteiger partial charge in [-0.2, -0.15) is 0 Å². The lowest BCUT2D eigenvalue weighted by molar-refractivity contribution is 0.0790. The number of pyridine rings is 1. The number of likely N-dealkylation sites (tertiary alicyclic amines) is 1. The number of hydrogen-bond acceptors (Lipinski definition) is 5. The normalized spacial score (nSPS) is 18.5. The SMILES string of the molecule is Cc1ccc(C(=O)N2CCC(c3nc4c(c(=O)[nH]3)CCN(Cc3cccnc3)C4)C2)cc1. The zero-order valence-electron chi connectivity index (χ0n) is 18.3. The molecule has 2 aliphatic rings. The van der Waals surface area contributed by atoms with Crippen molar-refractivity contribution in [1.82, 2.24) is 24.8 Å². The first-order valence-electron chi connectivity index (χ1n) is 11.2. The lowest BCUT2D eigenvalue weighted by Gasteiger charge is -2.28. The second kappa shape index (κ2) is 8.67. The Hall–Kier alpha value is -3.32. The molecular formula is C25H27N5O2. The lowest BCUT2D eigenvalue weighted by Crippen LogP contribution is -2.36. The molecule has 0 bridgehead atoms. The van der Waals surface area contributed by atoms with E-state index in [0.717, 1.165) is 41.9 Å². The van der Waals surface area contributed by atoms with E-state index in [0.29, 0.717) is 37.4 Å². The zero-order valence-corrected chi connectivity index (χ0v) is 18.3. The van der Waals surface area contributed by atoms with Gasteiger partial charge in [0, 0.05) is 62.2 Å². The third-order valence-electron chi connectivity index (χ3n) is 6.46. The largest absolute Gasteiger partial charge is 0.338 e. The van der Waals surface area contributed by atoms with Gasteiger partial charge in [0.15, 0.2) is 0 Å². The molecule has 3 aromatic rings. The quantitative estimate of drug-likeness (QED) is 0.690. The molecule has 1 saturated heterocycles. The van der Waals surface area contributed by atoms with E-state index in [-0.39, 0.29) is 17.4 Å². The third kappa shape index (κ3) is 4.21. The maximum Gasteiger partial charge on any atom is 0.254 e. The van der Waals surface area contributed by atoms with Crippen LogP contribution in [-0.2, 0) is 19.5 Å². The Balaban J connectivity index is 1.31. The van der Waals surface area contributed by atoms with Gasteiger partial charge >= 0.3 is 0 Å². The van der Waals surface area contributed by atoms with E-state index in [2.05, 4.69) is 20.9 Å². The molecule has 0 aliphatic carbocycles. The molecule has 0 spiro atoms. The van der Waals surface area contributed by atoms with E-state index in [1.807, 2.05) is 48.4 Å². The molecule has 1 aromatic carbocycles. The highest BCUT2D eigenvalue weighted by Gasteiger charge is 2.31. The van der Waals surface area contributed by atoms with Gasteiger partial charge in [-0.05, 0) is 43.5 Å². The van der Waals surface area contributed by atoms with Crippen molar-refractivity contribution in [1.29, 1.82) is 0 Å². The van der Waals surface area contributed by atoms with Gasteiger partial charge in [0.1, 0.15) is 5.82 Å². The number of fused-ring (bicyclic) bond motifs is 1. The Morgan fingerprint density at radius 2 is 2.03 bits per heavy atom. The van der Waals surface area contributed by atoms with Crippen molar-refractivity contribution >= 4 is 5.91 Å². The number of nitrogens with zero attached hydrogens (tertiary/aromatic N) is 4. The van der Waals surface area contributed by atoms with E-state index in [1.165, 1.54) is 0 Å². The minimum absolute atomic E-state index is 0.0330. The van der Waals surface area contributed by atoms with Crippen molar-refractivity contribution in [3.05, 3.63) is 92.9 Å². The fraction of sp³-hybridized carbons (Fsp3) is 0.360. The number of rotatable bonds is 4. The highest BCUT2D eigenvalue weighted by Crippen LogP contribution is 2.27. The summed E-state index contributed by atoms with van der Waals surface area (Å²) in [7, 11) is 0. The summed E-state index contributed by atoms with van der Waals surface area (Å²) in [6, 6.07) is 11.7. The van der Waals surface area contributed by atoms with Crippen molar-refractivity contribution in [3.8, 4) is 0 Å². The molecule has 2 aromatic heterocycles. The summed E-state index contributed by atoms with van der Waals surface area (Å²) < 4.78 is 0. The van der Waals surface area contributed by atoms with E-state index in [9.17, 15) is 9.59 Å². The number of aryl methyl sites for hydroxylation is 1. The van der Waals surface area contributed by atoms with Crippen molar-refractivity contribution in [2.24, 2.45) is 0 Å². The lowest BCUT2D eigenvalue weighted by atomic mass is 10.0. The van der Waals surface area contributed by atoms with Crippen LogP contribution < -0.4 is 5.56 Å². The summed E-state index contributed by atoms with van der Waals surface area (Å²) in [4.78, 5) is 41.9. The average molecular weight is 430 g/mol. The minimum atomic E-state index is -0.0330. The van der Waals surface area contributed by atoms with Gasteiger partial charge in [-0.15, -0.1) is 0 Å². The van der Waals surface area contributed by atoms with Crippen molar-refractivity contribution in [2.45, 2.75) is 38.8 Å². The standard InChI is InChI=1S/C25H27N5O2/c1-17-4-6-19(7-5-17)25(32)30-12-8-20(15-30)23-27-22-16-29(11-9-21(22)24(31)28-23)14-18-3-2-10-26-13-18/h2-7,10,13,20H,8-9,11-12,14-16H2,1H3,(H,27,28,31). The topological polar surface area (TPSA) is 82.2 Å². The molecule has 5 rings (SSSR count). The number of H-pyrrole nitrogens is 1. The Bertz CT molecular complexity index is 1170. The first kappa shape index (κ1) is 20.6. The second-order valence-electron chi connectivity index (χ2n) is 8.80. The van der Waals surface area contributed by atoms with Gasteiger partial charge in [0.05, 0.1) is 5.69 Å². The van der Waals surface area contributed by atoms with Crippen molar-refractivity contribution in [3.63, 3.8) is 0 Å². The molecule has 7 nitrogen and oxygen atoms in total. The first-order valence-corrected chi connectivity index (χ1v) is 11.2. The molecule has 1 amide bonds. The second-order valence-corrected chi connectivity index (χ2v) is 8.80. The molecule has 1 fully saturated rings. The smallest absolute Gasteiger partial charge is 0.254 e. The van der Waals surface area contributed by atoms with Gasteiger partial charge in [-0.1, -0.05) is 23.8 Å². The van der Waals surface area contributed by atoms with Crippen LogP contribution in [0.15, 0.2) is 53.6 Å². The first-order chi connectivity index (χ1) is 15.6. The van der Waals surface area contributed by atoms with Crippen LogP contribution >= 0.6 is 0 Å². The maximum atomic E-state index is 12.9. The molecule has 0 saturated carbocycles. The number of carbonyl (C=O) groups is 1. The van der Waals surface area contributed by atoms with Crippen LogP contribution in [0.1, 0.15) is 50.9 Å². The van der Waals surface area contributed by atoms with Crippen LogP contribution in [0.3, 0.4) is 0 Å². The summed E-state index contributed by atoms with van der Waals surface area (Å²) in [6.07, 6.45) is 5.15. The van der Waals surface area contributed by atoms with Gasteiger partial charge < -0.3 is 9.88 Å². The average Bonchev–Trinajstić information content (AvgIpc) is 3.30. The molecule has 2 aliphatic heterocycles. The zero-order chi connectivity index (χ0) is 22.1. The molecule has 1 unspecified atom stereocenters. The van der Waals surface area contributed by atoms with Crippen molar-refractivity contribution < 1.29 is 4.79 Å². The Morgan fingerprint density at radius 3 is 2.81 bits per heavy atom. The fourth-order valence-corrected chi connectivity index (χ4v) is 4.64. The van der Waals surface area contributed by atoms with Crippen LogP contribution in [0.4, 0.5) is 0 Å². The van der Waals surface area contributed by atoms with Crippen LogP contribution in [0, 0.1) is 6.92 Å². The van der Waals surface area contributed by atoms with E-state index in [1.54, 1.807) is 6.20 Å². The number of benzene rings is 1. The van der Waals surface area contributed by atoms with Crippen molar-refractivity contribution in [2.75, 3.05) is 19.6 Å². The monoisotopic (exact) mass is 429 g/mol. The molecule has 164 valence electrons. The van der Waals surface area contributed by atoms with Crippen LogP contribution in [0.25, 0.3) is 0 Å². The number of hydrogen-bond donors (Lipinski definition) is 1. The van der Waals surface area contributed by atoms with Gasteiger partial charge in [0.25, 0.3) is 11.5 Å². The van der Waals surface area contributed by atoms with Gasteiger partial charge in [0.2, 0.25) is 0 Å². The third-order valence-corrected chi connectivity index (χ3v) is 6.46. The van der Waals surface area contributed by atoms with E-state index in [4.69, 9.17) is 4.98 Å².